The van der Waals surface area contributed by atoms with Crippen LogP contribution in [0.4, 0.5) is 11.9 Å². The van der Waals surface area contributed by atoms with Crippen molar-refractivity contribution in [1.82, 2.24) is 34.9 Å². The van der Waals surface area contributed by atoms with Crippen LogP contribution in [0.1, 0.15) is 20.8 Å². The Labute approximate surface area is 190 Å². The normalized spacial score (nSPS) is 11.2. The third kappa shape index (κ3) is 3.46. The molecule has 4 aromatic heterocycles. The zero-order valence-corrected chi connectivity index (χ0v) is 17.4. The summed E-state index contributed by atoms with van der Waals surface area (Å²) in [6, 6.07) is 14.5. The zero-order chi connectivity index (χ0) is 23.1. The number of hydrogen-bond donors (Lipinski definition) is 4. The van der Waals surface area contributed by atoms with E-state index < -0.39 is 11.8 Å². The molecule has 34 heavy (non-hydrogen) atoms. The Hall–Kier alpha value is -5.19. The minimum Gasteiger partial charge on any atom is -0.324 e. The van der Waals surface area contributed by atoms with E-state index in [1.165, 1.54) is 6.33 Å². The predicted octanol–water partition coefficient (Wildman–Crippen LogP) is 3.28. The number of aromatic nitrogens is 7. The van der Waals surface area contributed by atoms with Crippen molar-refractivity contribution in [3.63, 3.8) is 0 Å². The van der Waals surface area contributed by atoms with Crippen LogP contribution in [0.5, 0.6) is 0 Å². The molecule has 0 saturated heterocycles. The van der Waals surface area contributed by atoms with Crippen molar-refractivity contribution >= 4 is 56.7 Å². The van der Waals surface area contributed by atoms with Gasteiger partial charge in [-0.2, -0.15) is 4.98 Å². The monoisotopic (exact) mass is 449 g/mol. The first-order valence-electron chi connectivity index (χ1n) is 10.3. The van der Waals surface area contributed by atoms with Gasteiger partial charge in [0.2, 0.25) is 11.9 Å². The number of anilines is 2. The molecule has 6 aromatic rings. The second-order valence-corrected chi connectivity index (χ2v) is 7.46. The number of imidazole rings is 2. The molecule has 4 heterocycles. The molecule has 11 heteroatoms. The van der Waals surface area contributed by atoms with Crippen LogP contribution in [0.15, 0.2) is 67.3 Å². The maximum Gasteiger partial charge on any atom is 0.276 e. The number of benzene rings is 2. The second kappa shape index (κ2) is 7.74. The summed E-state index contributed by atoms with van der Waals surface area (Å²) < 4.78 is 0. The Kier molecular flexibility index (Phi) is 4.44. The number of H-pyrrole nitrogens is 2. The van der Waals surface area contributed by atoms with Crippen LogP contribution >= 0.6 is 0 Å². The first-order chi connectivity index (χ1) is 16.6. The van der Waals surface area contributed by atoms with Crippen LogP contribution in [0.3, 0.4) is 0 Å². The van der Waals surface area contributed by atoms with Gasteiger partial charge in [0, 0.05) is 11.6 Å². The Morgan fingerprint density at radius 1 is 0.765 bits per heavy atom. The first kappa shape index (κ1) is 19.5. The van der Waals surface area contributed by atoms with Crippen molar-refractivity contribution in [2.75, 3.05) is 10.6 Å². The SMILES string of the molecule is O=C(Nc1nc2c(C(=O)Nc3nc4ncncc4[nH]3)cccc2[nH]1)c1cc2ccccc2cn1. The summed E-state index contributed by atoms with van der Waals surface area (Å²) in [5.41, 5.74) is 2.59. The van der Waals surface area contributed by atoms with Crippen LogP contribution in [0.25, 0.3) is 33.0 Å². The summed E-state index contributed by atoms with van der Waals surface area (Å²) in [5, 5.41) is 7.27. The molecule has 0 spiro atoms. The molecule has 0 aliphatic carbocycles. The average Bonchev–Trinajstić information content (AvgIpc) is 3.46. The second-order valence-electron chi connectivity index (χ2n) is 7.46. The van der Waals surface area contributed by atoms with E-state index in [1.54, 1.807) is 36.7 Å². The number of para-hydroxylation sites is 1. The van der Waals surface area contributed by atoms with Crippen molar-refractivity contribution in [2.24, 2.45) is 0 Å². The summed E-state index contributed by atoms with van der Waals surface area (Å²) >= 11 is 0. The van der Waals surface area contributed by atoms with E-state index in [2.05, 4.69) is 45.5 Å². The molecule has 6 rings (SSSR count). The summed E-state index contributed by atoms with van der Waals surface area (Å²) in [4.78, 5) is 52.5. The van der Waals surface area contributed by atoms with Crippen molar-refractivity contribution in [3.05, 3.63) is 78.5 Å². The molecule has 164 valence electrons. The van der Waals surface area contributed by atoms with Crippen molar-refractivity contribution in [1.29, 1.82) is 0 Å². The molecule has 0 aliphatic heterocycles. The summed E-state index contributed by atoms with van der Waals surface area (Å²) in [6.07, 6.45) is 4.59. The van der Waals surface area contributed by atoms with Gasteiger partial charge in [-0.3, -0.25) is 25.2 Å². The Morgan fingerprint density at radius 2 is 1.56 bits per heavy atom. The third-order valence-corrected chi connectivity index (χ3v) is 5.25. The van der Waals surface area contributed by atoms with Gasteiger partial charge in [-0.25, -0.2) is 15.0 Å². The minimum atomic E-state index is -0.418. The molecule has 0 fully saturated rings. The van der Waals surface area contributed by atoms with E-state index in [-0.39, 0.29) is 17.6 Å². The lowest BCUT2D eigenvalue weighted by Gasteiger charge is -2.03. The third-order valence-electron chi connectivity index (χ3n) is 5.25. The maximum absolute atomic E-state index is 12.9. The fourth-order valence-electron chi connectivity index (χ4n) is 3.65. The predicted molar refractivity (Wildman–Crippen MR) is 125 cm³/mol. The van der Waals surface area contributed by atoms with Crippen LogP contribution in [-0.4, -0.2) is 46.7 Å². The van der Waals surface area contributed by atoms with Gasteiger partial charge in [0.1, 0.15) is 23.1 Å². The van der Waals surface area contributed by atoms with Crippen molar-refractivity contribution in [3.8, 4) is 0 Å². The highest BCUT2D eigenvalue weighted by Gasteiger charge is 2.17. The molecule has 11 nitrogen and oxygen atoms in total. The van der Waals surface area contributed by atoms with E-state index >= 15 is 0 Å². The first-order valence-corrected chi connectivity index (χ1v) is 10.3. The molecule has 0 atom stereocenters. The van der Waals surface area contributed by atoms with E-state index in [4.69, 9.17) is 0 Å². The fraction of sp³-hybridized carbons (Fsp3) is 0. The van der Waals surface area contributed by atoms with Crippen molar-refractivity contribution < 1.29 is 9.59 Å². The van der Waals surface area contributed by atoms with Gasteiger partial charge < -0.3 is 9.97 Å². The highest BCUT2D eigenvalue weighted by molar-refractivity contribution is 6.12. The number of carbonyl (C=O) groups is 2. The quantitative estimate of drug-likeness (QED) is 0.322. The van der Waals surface area contributed by atoms with Crippen LogP contribution in [0.2, 0.25) is 0 Å². The molecule has 2 amide bonds. The van der Waals surface area contributed by atoms with E-state index in [1.807, 2.05) is 24.3 Å². The summed E-state index contributed by atoms with van der Waals surface area (Å²) in [6.45, 7) is 0. The molecular weight excluding hydrogens is 434 g/mol. The molecule has 0 radical (unpaired) electrons. The van der Waals surface area contributed by atoms with Gasteiger partial charge in [-0.05, 0) is 23.6 Å². The zero-order valence-electron chi connectivity index (χ0n) is 17.4. The lowest BCUT2D eigenvalue weighted by Crippen LogP contribution is -2.15. The standard InChI is InChI=1S/C23H15N9O2/c33-20(31-23-28-17-10-24-11-26-19(17)30-23)14-6-3-7-15-18(14)29-22(27-15)32-21(34)16-8-12-4-1-2-5-13(12)9-25-16/h1-11H,(H2,27,29,32,34)(H2,24,26,28,30,31,33). The Morgan fingerprint density at radius 3 is 2.44 bits per heavy atom. The van der Waals surface area contributed by atoms with Crippen LogP contribution in [-0.2, 0) is 0 Å². The minimum absolute atomic E-state index is 0.203. The average molecular weight is 449 g/mol. The van der Waals surface area contributed by atoms with Gasteiger partial charge in [0.15, 0.2) is 5.65 Å². The number of pyridine rings is 1. The van der Waals surface area contributed by atoms with Crippen molar-refractivity contribution in [2.45, 2.75) is 0 Å². The van der Waals surface area contributed by atoms with Gasteiger partial charge in [0.25, 0.3) is 11.8 Å². The van der Waals surface area contributed by atoms with E-state index in [9.17, 15) is 9.59 Å². The number of nitrogens with one attached hydrogen (secondary N) is 4. The summed E-state index contributed by atoms with van der Waals surface area (Å²) in [5.74, 6) is -0.393. The number of amides is 2. The smallest absolute Gasteiger partial charge is 0.276 e. The summed E-state index contributed by atoms with van der Waals surface area (Å²) in [7, 11) is 0. The lowest BCUT2D eigenvalue weighted by molar-refractivity contribution is 0.101. The largest absolute Gasteiger partial charge is 0.324 e. The molecule has 0 unspecified atom stereocenters. The highest BCUT2D eigenvalue weighted by Crippen LogP contribution is 2.21. The van der Waals surface area contributed by atoms with Gasteiger partial charge in [0.05, 0.1) is 17.3 Å². The highest BCUT2D eigenvalue weighted by atomic mass is 16.2. The number of rotatable bonds is 4. The van der Waals surface area contributed by atoms with Gasteiger partial charge in [-0.1, -0.05) is 30.3 Å². The van der Waals surface area contributed by atoms with E-state index in [0.29, 0.717) is 27.8 Å². The fourth-order valence-corrected chi connectivity index (χ4v) is 3.65. The number of aromatic amines is 2. The Bertz CT molecular complexity index is 1690. The molecule has 0 bridgehead atoms. The molecule has 4 N–H and O–H groups in total. The van der Waals surface area contributed by atoms with Gasteiger partial charge in [-0.15, -0.1) is 0 Å². The number of nitrogens with zero attached hydrogens (tertiary/aromatic N) is 5. The number of hydrogen-bond acceptors (Lipinski definition) is 7. The lowest BCUT2D eigenvalue weighted by atomic mass is 10.1. The van der Waals surface area contributed by atoms with E-state index in [0.717, 1.165) is 10.8 Å². The van der Waals surface area contributed by atoms with Crippen LogP contribution < -0.4 is 10.6 Å². The molecule has 2 aromatic carbocycles. The Balaban J connectivity index is 1.26. The maximum atomic E-state index is 12.9. The van der Waals surface area contributed by atoms with Crippen LogP contribution in [0, 0.1) is 0 Å². The topological polar surface area (TPSA) is 154 Å². The molecule has 0 aliphatic rings. The number of carbonyl (C=O) groups excluding carboxylic acids is 2. The molecular formula is C23H15N9O2. The van der Waals surface area contributed by atoms with Gasteiger partial charge >= 0.3 is 0 Å². The number of fused-ring (bicyclic) bond motifs is 3. The molecule has 0 saturated carbocycles.